The highest BCUT2D eigenvalue weighted by Gasteiger charge is 2.19. The molecule has 0 bridgehead atoms. The van der Waals surface area contributed by atoms with Gasteiger partial charge in [-0.15, -0.1) is 0 Å². The topological polar surface area (TPSA) is 85.1 Å². The zero-order valence-electron chi connectivity index (χ0n) is 5.68. The summed E-state index contributed by atoms with van der Waals surface area (Å²) in [6.45, 7) is 0. The van der Waals surface area contributed by atoms with E-state index >= 15 is 0 Å². The molecule has 58 valence electrons. The molecule has 11 heavy (non-hydrogen) atoms. The number of carboxylic acids is 1. The number of aryl methyl sites for hydroxylation is 1. The van der Waals surface area contributed by atoms with Gasteiger partial charge in [-0.05, 0) is 0 Å². The van der Waals surface area contributed by atoms with Crippen molar-refractivity contribution in [2.24, 2.45) is 7.05 Å². The summed E-state index contributed by atoms with van der Waals surface area (Å²) >= 11 is 0. The molecule has 0 aliphatic rings. The van der Waals surface area contributed by atoms with Crippen LogP contribution in [0.4, 0.5) is 0 Å². The van der Waals surface area contributed by atoms with Crippen LogP contribution in [0.15, 0.2) is 6.33 Å². The van der Waals surface area contributed by atoms with Gasteiger partial charge >= 0.3 is 11.8 Å². The standard InChI is InChI=1S/C5H5N3O3/c1-8-4(6-2-7-8)3(9)5(10)11/h2H,1H3,(H,10,11). The zero-order valence-corrected chi connectivity index (χ0v) is 5.68. The van der Waals surface area contributed by atoms with Crippen molar-refractivity contribution < 1.29 is 14.7 Å². The molecule has 1 rings (SSSR count). The molecule has 0 unspecified atom stereocenters. The van der Waals surface area contributed by atoms with Gasteiger partial charge in [0.2, 0.25) is 5.82 Å². The lowest BCUT2D eigenvalue weighted by molar-refractivity contribution is -0.131. The van der Waals surface area contributed by atoms with Gasteiger partial charge in [0.25, 0.3) is 0 Å². The number of hydrogen-bond donors (Lipinski definition) is 1. The Morgan fingerprint density at radius 2 is 2.27 bits per heavy atom. The minimum absolute atomic E-state index is 0.169. The van der Waals surface area contributed by atoms with E-state index in [1.807, 2.05) is 0 Å². The Hall–Kier alpha value is -1.72. The first-order valence-corrected chi connectivity index (χ1v) is 2.74. The number of Topliss-reactive ketones (excluding diaryl/α,β-unsaturated/α-hetero) is 1. The molecule has 6 nitrogen and oxygen atoms in total. The van der Waals surface area contributed by atoms with Crippen LogP contribution in [0.2, 0.25) is 0 Å². The third-order valence-corrected chi connectivity index (χ3v) is 1.11. The summed E-state index contributed by atoms with van der Waals surface area (Å²) in [6.07, 6.45) is 1.12. The summed E-state index contributed by atoms with van der Waals surface area (Å²) in [5, 5.41) is 11.8. The van der Waals surface area contributed by atoms with Crippen molar-refractivity contribution in [2.45, 2.75) is 0 Å². The first kappa shape index (κ1) is 7.39. The molecular formula is C5H5N3O3. The number of aliphatic carboxylic acids is 1. The van der Waals surface area contributed by atoms with Crippen LogP contribution in [0.3, 0.4) is 0 Å². The van der Waals surface area contributed by atoms with E-state index in [9.17, 15) is 9.59 Å². The maximum absolute atomic E-state index is 10.7. The summed E-state index contributed by atoms with van der Waals surface area (Å²) in [4.78, 5) is 24.3. The fraction of sp³-hybridized carbons (Fsp3) is 0.200. The molecule has 0 saturated heterocycles. The van der Waals surface area contributed by atoms with Gasteiger partial charge in [-0.2, -0.15) is 5.10 Å². The molecule has 0 atom stereocenters. The highest BCUT2D eigenvalue weighted by Crippen LogP contribution is 1.91. The smallest absolute Gasteiger partial charge is 0.380 e. The van der Waals surface area contributed by atoms with Crippen LogP contribution in [0.25, 0.3) is 0 Å². The molecule has 1 N–H and O–H groups in total. The van der Waals surface area contributed by atoms with E-state index in [-0.39, 0.29) is 5.82 Å². The minimum Gasteiger partial charge on any atom is -0.475 e. The lowest BCUT2D eigenvalue weighted by Crippen LogP contribution is -2.17. The first-order chi connectivity index (χ1) is 5.13. The summed E-state index contributed by atoms with van der Waals surface area (Å²) < 4.78 is 1.11. The van der Waals surface area contributed by atoms with Crippen molar-refractivity contribution in [1.29, 1.82) is 0 Å². The van der Waals surface area contributed by atoms with E-state index in [1.54, 1.807) is 0 Å². The highest BCUT2D eigenvalue weighted by molar-refractivity contribution is 6.38. The number of rotatable bonds is 2. The summed E-state index contributed by atoms with van der Waals surface area (Å²) in [7, 11) is 1.45. The van der Waals surface area contributed by atoms with Gasteiger partial charge in [0.05, 0.1) is 0 Å². The number of nitrogens with zero attached hydrogens (tertiary/aromatic N) is 3. The fourth-order valence-electron chi connectivity index (χ4n) is 0.597. The van der Waals surface area contributed by atoms with Crippen LogP contribution in [0.5, 0.6) is 0 Å². The molecule has 0 aliphatic heterocycles. The SMILES string of the molecule is Cn1ncnc1C(=O)C(=O)O. The first-order valence-electron chi connectivity index (χ1n) is 2.74. The summed E-state index contributed by atoms with van der Waals surface area (Å²) in [5.41, 5.74) is 0. The quantitative estimate of drug-likeness (QED) is 0.441. The predicted molar refractivity (Wildman–Crippen MR) is 33.0 cm³/mol. The number of hydrogen-bond acceptors (Lipinski definition) is 4. The van der Waals surface area contributed by atoms with Crippen molar-refractivity contribution in [3.05, 3.63) is 12.2 Å². The fourth-order valence-corrected chi connectivity index (χ4v) is 0.597. The van der Waals surface area contributed by atoms with Crippen LogP contribution in [0, 0.1) is 0 Å². The van der Waals surface area contributed by atoms with Crippen LogP contribution in [0.1, 0.15) is 10.6 Å². The normalized spacial score (nSPS) is 9.55. The molecule has 1 aromatic rings. The van der Waals surface area contributed by atoms with Crippen LogP contribution in [-0.4, -0.2) is 31.6 Å². The number of ketones is 1. The molecule has 0 fully saturated rings. The van der Waals surface area contributed by atoms with E-state index in [0.29, 0.717) is 0 Å². The van der Waals surface area contributed by atoms with Crippen LogP contribution < -0.4 is 0 Å². The Labute approximate surface area is 61.5 Å². The van der Waals surface area contributed by atoms with E-state index in [1.165, 1.54) is 7.05 Å². The van der Waals surface area contributed by atoms with Gasteiger partial charge in [-0.25, -0.2) is 14.5 Å². The van der Waals surface area contributed by atoms with E-state index < -0.39 is 11.8 Å². The molecule has 0 aromatic carbocycles. The molecule has 0 amide bonds. The minimum atomic E-state index is -1.53. The van der Waals surface area contributed by atoms with E-state index in [4.69, 9.17) is 5.11 Å². The molecule has 1 aromatic heterocycles. The summed E-state index contributed by atoms with van der Waals surface area (Å²) in [6, 6.07) is 0. The van der Waals surface area contributed by atoms with E-state index in [0.717, 1.165) is 11.0 Å². The van der Waals surface area contributed by atoms with Gasteiger partial charge in [-0.3, -0.25) is 4.79 Å². The second-order valence-electron chi connectivity index (χ2n) is 1.84. The van der Waals surface area contributed by atoms with Gasteiger partial charge in [0, 0.05) is 7.05 Å². The number of carbonyl (C=O) groups excluding carboxylic acids is 1. The lowest BCUT2D eigenvalue weighted by Gasteiger charge is -1.91. The lowest BCUT2D eigenvalue weighted by atomic mass is 10.4. The third-order valence-electron chi connectivity index (χ3n) is 1.11. The molecule has 0 saturated carbocycles. The van der Waals surface area contributed by atoms with E-state index in [2.05, 4.69) is 10.1 Å². The van der Waals surface area contributed by atoms with Crippen molar-refractivity contribution in [2.75, 3.05) is 0 Å². The van der Waals surface area contributed by atoms with Gasteiger partial charge in [-0.1, -0.05) is 0 Å². The van der Waals surface area contributed by atoms with Gasteiger partial charge in [0.15, 0.2) is 0 Å². The average molecular weight is 155 g/mol. The van der Waals surface area contributed by atoms with Crippen molar-refractivity contribution >= 4 is 11.8 Å². The summed E-state index contributed by atoms with van der Waals surface area (Å²) in [5.74, 6) is -2.75. The molecule has 6 heteroatoms. The number of carbonyl (C=O) groups is 2. The van der Waals surface area contributed by atoms with Crippen molar-refractivity contribution in [3.63, 3.8) is 0 Å². The van der Waals surface area contributed by atoms with Gasteiger partial charge in [0.1, 0.15) is 6.33 Å². The maximum atomic E-state index is 10.7. The van der Waals surface area contributed by atoms with Crippen molar-refractivity contribution in [1.82, 2.24) is 14.8 Å². The zero-order chi connectivity index (χ0) is 8.43. The monoisotopic (exact) mass is 155 g/mol. The van der Waals surface area contributed by atoms with Crippen LogP contribution in [-0.2, 0) is 11.8 Å². The Morgan fingerprint density at radius 3 is 2.64 bits per heavy atom. The molecule has 0 aliphatic carbocycles. The largest absolute Gasteiger partial charge is 0.475 e. The second kappa shape index (κ2) is 2.49. The Bertz CT molecular complexity index is 304. The average Bonchev–Trinajstić information content (AvgIpc) is 2.33. The third kappa shape index (κ3) is 1.23. The molecular weight excluding hydrogens is 150 g/mol. The molecule has 0 spiro atoms. The highest BCUT2D eigenvalue weighted by atomic mass is 16.4. The molecule has 0 radical (unpaired) electrons. The second-order valence-corrected chi connectivity index (χ2v) is 1.84. The predicted octanol–water partition coefficient (Wildman–Crippen LogP) is -0.918. The Morgan fingerprint density at radius 1 is 1.64 bits per heavy atom. The Balaban J connectivity index is 3.02. The van der Waals surface area contributed by atoms with Crippen molar-refractivity contribution in [3.8, 4) is 0 Å². The maximum Gasteiger partial charge on any atom is 0.380 e. The number of aromatic nitrogens is 3. The molecule has 1 heterocycles. The Kier molecular flexibility index (Phi) is 1.67. The van der Waals surface area contributed by atoms with Gasteiger partial charge < -0.3 is 5.11 Å². The number of carboxylic acid groups (broad SMARTS) is 1. The van der Waals surface area contributed by atoms with Crippen LogP contribution >= 0.6 is 0 Å².